The molecule has 1 aromatic carbocycles. The highest BCUT2D eigenvalue weighted by Crippen LogP contribution is 2.29. The van der Waals surface area contributed by atoms with Crippen LogP contribution in [0.15, 0.2) is 24.3 Å². The Morgan fingerprint density at radius 3 is 2.67 bits per heavy atom. The van der Waals surface area contributed by atoms with Gasteiger partial charge in [-0.15, -0.1) is 12.4 Å². The molecule has 2 N–H and O–H groups in total. The Kier molecular flexibility index (Phi) is 7.46. The standard InChI is InChI=1S/C15H21ClN2O2.ClH/c1-20-11-15(6-8-17-9-7-15)14(19)18-10-12-4-2-3-5-13(12)16;/h2-5,17H,6-11H2,1H3,(H,18,19);1H. The summed E-state index contributed by atoms with van der Waals surface area (Å²) >= 11 is 6.10. The van der Waals surface area contributed by atoms with Gasteiger partial charge in [0.15, 0.2) is 0 Å². The van der Waals surface area contributed by atoms with Crippen LogP contribution in [0.5, 0.6) is 0 Å². The number of carbonyl (C=O) groups is 1. The van der Waals surface area contributed by atoms with Gasteiger partial charge in [-0.25, -0.2) is 0 Å². The summed E-state index contributed by atoms with van der Waals surface area (Å²) in [6, 6.07) is 7.56. The minimum absolute atomic E-state index is 0. The molecule has 6 heteroatoms. The van der Waals surface area contributed by atoms with Crippen molar-refractivity contribution in [3.05, 3.63) is 34.9 Å². The Morgan fingerprint density at radius 1 is 1.38 bits per heavy atom. The van der Waals surface area contributed by atoms with Gasteiger partial charge in [0.25, 0.3) is 0 Å². The van der Waals surface area contributed by atoms with Crippen LogP contribution in [-0.4, -0.2) is 32.7 Å². The molecular weight excluding hydrogens is 311 g/mol. The van der Waals surface area contributed by atoms with Gasteiger partial charge in [-0.2, -0.15) is 0 Å². The first-order chi connectivity index (χ1) is 9.68. The minimum atomic E-state index is -0.415. The van der Waals surface area contributed by atoms with E-state index in [1.165, 1.54) is 0 Å². The van der Waals surface area contributed by atoms with Crippen LogP contribution in [0.25, 0.3) is 0 Å². The van der Waals surface area contributed by atoms with Gasteiger partial charge in [0.2, 0.25) is 5.91 Å². The van der Waals surface area contributed by atoms with E-state index in [2.05, 4.69) is 10.6 Å². The number of amides is 1. The lowest BCUT2D eigenvalue weighted by Crippen LogP contribution is -2.49. The molecule has 0 bridgehead atoms. The Balaban J connectivity index is 0.00000220. The van der Waals surface area contributed by atoms with Crippen LogP contribution in [-0.2, 0) is 16.1 Å². The molecule has 1 aliphatic heterocycles. The molecule has 1 amide bonds. The second-order valence-corrected chi connectivity index (χ2v) is 5.64. The summed E-state index contributed by atoms with van der Waals surface area (Å²) in [7, 11) is 1.64. The molecule has 0 aliphatic carbocycles. The number of rotatable bonds is 5. The number of carbonyl (C=O) groups excluding carboxylic acids is 1. The van der Waals surface area contributed by atoms with E-state index in [1.807, 2.05) is 24.3 Å². The van der Waals surface area contributed by atoms with Gasteiger partial charge in [-0.05, 0) is 37.6 Å². The van der Waals surface area contributed by atoms with Crippen molar-refractivity contribution in [3.8, 4) is 0 Å². The van der Waals surface area contributed by atoms with Crippen LogP contribution >= 0.6 is 24.0 Å². The molecule has 0 spiro atoms. The van der Waals surface area contributed by atoms with E-state index in [0.717, 1.165) is 31.5 Å². The van der Waals surface area contributed by atoms with Crippen LogP contribution in [0.3, 0.4) is 0 Å². The maximum absolute atomic E-state index is 12.5. The highest BCUT2D eigenvalue weighted by Gasteiger charge is 2.39. The van der Waals surface area contributed by atoms with Crippen molar-refractivity contribution in [3.63, 3.8) is 0 Å². The first-order valence-corrected chi connectivity index (χ1v) is 7.27. The Hall–Kier alpha value is -0.810. The van der Waals surface area contributed by atoms with Gasteiger partial charge in [0.05, 0.1) is 12.0 Å². The van der Waals surface area contributed by atoms with Crippen molar-refractivity contribution in [2.75, 3.05) is 26.8 Å². The molecular formula is C15H22Cl2N2O2. The SMILES string of the molecule is COCC1(C(=O)NCc2ccccc2Cl)CCNCC1.Cl. The monoisotopic (exact) mass is 332 g/mol. The number of hydrogen-bond donors (Lipinski definition) is 2. The van der Waals surface area contributed by atoms with E-state index in [1.54, 1.807) is 7.11 Å². The number of methoxy groups -OCH3 is 1. The van der Waals surface area contributed by atoms with Gasteiger partial charge >= 0.3 is 0 Å². The summed E-state index contributed by atoms with van der Waals surface area (Å²) < 4.78 is 5.27. The predicted octanol–water partition coefficient (Wildman–Crippen LogP) is 2.39. The molecule has 1 aliphatic rings. The second-order valence-electron chi connectivity index (χ2n) is 5.24. The fraction of sp³-hybridized carbons (Fsp3) is 0.533. The third-order valence-corrected chi connectivity index (χ3v) is 4.23. The van der Waals surface area contributed by atoms with Crippen LogP contribution < -0.4 is 10.6 Å². The zero-order valence-electron chi connectivity index (χ0n) is 12.2. The quantitative estimate of drug-likeness (QED) is 0.870. The van der Waals surface area contributed by atoms with Gasteiger partial charge in [0.1, 0.15) is 0 Å². The summed E-state index contributed by atoms with van der Waals surface area (Å²) in [4.78, 5) is 12.5. The number of benzene rings is 1. The Morgan fingerprint density at radius 2 is 2.05 bits per heavy atom. The van der Waals surface area contributed by atoms with Gasteiger partial charge in [-0.3, -0.25) is 4.79 Å². The normalized spacial score (nSPS) is 16.9. The highest BCUT2D eigenvalue weighted by atomic mass is 35.5. The maximum atomic E-state index is 12.5. The molecule has 1 heterocycles. The second kappa shape index (κ2) is 8.59. The molecule has 1 fully saturated rings. The molecule has 21 heavy (non-hydrogen) atoms. The van der Waals surface area contributed by atoms with Crippen molar-refractivity contribution < 1.29 is 9.53 Å². The summed E-state index contributed by atoms with van der Waals surface area (Å²) in [6.07, 6.45) is 1.60. The predicted molar refractivity (Wildman–Crippen MR) is 87.0 cm³/mol. The van der Waals surface area contributed by atoms with Gasteiger partial charge < -0.3 is 15.4 Å². The van der Waals surface area contributed by atoms with Crippen LogP contribution in [0.4, 0.5) is 0 Å². The summed E-state index contributed by atoms with van der Waals surface area (Å²) in [5, 5.41) is 6.96. The first kappa shape index (κ1) is 18.2. The zero-order valence-corrected chi connectivity index (χ0v) is 13.7. The minimum Gasteiger partial charge on any atom is -0.384 e. The lowest BCUT2D eigenvalue weighted by Gasteiger charge is -2.35. The number of nitrogens with one attached hydrogen (secondary N) is 2. The number of piperidine rings is 1. The van der Waals surface area contributed by atoms with Crippen molar-refractivity contribution >= 4 is 29.9 Å². The Labute approximate surface area is 137 Å². The fourth-order valence-electron chi connectivity index (χ4n) is 2.62. The molecule has 0 radical (unpaired) electrons. The molecule has 1 saturated heterocycles. The molecule has 1 aromatic rings. The molecule has 2 rings (SSSR count). The van der Waals surface area contributed by atoms with Gasteiger partial charge in [0, 0.05) is 18.7 Å². The lowest BCUT2D eigenvalue weighted by molar-refractivity contribution is -0.136. The molecule has 4 nitrogen and oxygen atoms in total. The van der Waals surface area contributed by atoms with Gasteiger partial charge in [-0.1, -0.05) is 29.8 Å². The van der Waals surface area contributed by atoms with E-state index in [-0.39, 0.29) is 18.3 Å². The molecule has 0 atom stereocenters. The Bertz CT molecular complexity index is 457. The lowest BCUT2D eigenvalue weighted by atomic mass is 9.78. The zero-order chi connectivity index (χ0) is 14.4. The summed E-state index contributed by atoms with van der Waals surface area (Å²) in [6.45, 7) is 2.62. The van der Waals surface area contributed by atoms with E-state index in [9.17, 15) is 4.79 Å². The summed E-state index contributed by atoms with van der Waals surface area (Å²) in [5.74, 6) is 0.0563. The van der Waals surface area contributed by atoms with Crippen molar-refractivity contribution in [2.24, 2.45) is 5.41 Å². The summed E-state index contributed by atoms with van der Waals surface area (Å²) in [5.41, 5.74) is 0.519. The molecule has 0 saturated carbocycles. The molecule has 0 unspecified atom stereocenters. The third-order valence-electron chi connectivity index (χ3n) is 3.86. The topological polar surface area (TPSA) is 50.4 Å². The molecule has 0 aromatic heterocycles. The number of halogens is 2. The van der Waals surface area contributed by atoms with Crippen LogP contribution in [0.2, 0.25) is 5.02 Å². The van der Waals surface area contributed by atoms with E-state index < -0.39 is 5.41 Å². The number of ether oxygens (including phenoxy) is 1. The van der Waals surface area contributed by atoms with Crippen molar-refractivity contribution in [1.29, 1.82) is 0 Å². The maximum Gasteiger partial charge on any atom is 0.228 e. The largest absolute Gasteiger partial charge is 0.384 e. The fourth-order valence-corrected chi connectivity index (χ4v) is 2.83. The van der Waals surface area contributed by atoms with Crippen LogP contribution in [0, 0.1) is 5.41 Å². The first-order valence-electron chi connectivity index (χ1n) is 6.89. The van der Waals surface area contributed by atoms with Crippen molar-refractivity contribution in [2.45, 2.75) is 19.4 Å². The van der Waals surface area contributed by atoms with Crippen LogP contribution in [0.1, 0.15) is 18.4 Å². The molecule has 118 valence electrons. The van der Waals surface area contributed by atoms with E-state index >= 15 is 0 Å². The van der Waals surface area contributed by atoms with Crippen molar-refractivity contribution in [1.82, 2.24) is 10.6 Å². The highest BCUT2D eigenvalue weighted by molar-refractivity contribution is 6.31. The average molecular weight is 333 g/mol. The third kappa shape index (κ3) is 4.58. The van der Waals surface area contributed by atoms with E-state index in [0.29, 0.717) is 18.2 Å². The van der Waals surface area contributed by atoms with E-state index in [4.69, 9.17) is 16.3 Å². The average Bonchev–Trinajstić information content (AvgIpc) is 2.47. The smallest absolute Gasteiger partial charge is 0.228 e. The number of hydrogen-bond acceptors (Lipinski definition) is 3.